The molecule has 0 heterocycles. The first-order valence-electron chi connectivity index (χ1n) is 6.63. The molecule has 0 atom stereocenters. The van der Waals surface area contributed by atoms with Crippen LogP contribution in [0.1, 0.15) is 36.0 Å². The van der Waals surface area contributed by atoms with Crippen molar-refractivity contribution in [3.05, 3.63) is 29.8 Å². The van der Waals surface area contributed by atoms with Crippen LogP contribution in [0.5, 0.6) is 0 Å². The van der Waals surface area contributed by atoms with Gasteiger partial charge in [0.1, 0.15) is 5.78 Å². The van der Waals surface area contributed by atoms with Gasteiger partial charge in [-0.1, -0.05) is 6.07 Å². The minimum atomic E-state index is -0.327. The first-order valence-corrected chi connectivity index (χ1v) is 6.63. The normalized spacial score (nSPS) is 16.2. The summed E-state index contributed by atoms with van der Waals surface area (Å²) in [6, 6.07) is 7.29. The molecule has 0 unspecified atom stereocenters. The summed E-state index contributed by atoms with van der Waals surface area (Å²) in [6.07, 6.45) is 3.33. The number of ether oxygens (including phenoxy) is 1. The van der Waals surface area contributed by atoms with Gasteiger partial charge in [0.15, 0.2) is 0 Å². The molecule has 0 amide bonds. The maximum absolute atomic E-state index is 11.4. The molecule has 102 valence electrons. The second-order valence-electron chi connectivity index (χ2n) is 4.94. The highest BCUT2D eigenvalue weighted by molar-refractivity contribution is 5.90. The van der Waals surface area contributed by atoms with Gasteiger partial charge in [0.2, 0.25) is 0 Å². The number of ketones is 1. The molecule has 0 aliphatic heterocycles. The Kier molecular flexibility index (Phi) is 4.55. The van der Waals surface area contributed by atoms with Crippen molar-refractivity contribution in [2.24, 2.45) is 5.92 Å². The van der Waals surface area contributed by atoms with Gasteiger partial charge in [-0.3, -0.25) is 4.79 Å². The number of anilines is 1. The molecule has 2 rings (SSSR count). The number of carbonyl (C=O) groups excluding carboxylic acids is 2. The van der Waals surface area contributed by atoms with Crippen molar-refractivity contribution in [3.8, 4) is 0 Å². The molecule has 4 heteroatoms. The Morgan fingerprint density at radius 2 is 2.11 bits per heavy atom. The van der Waals surface area contributed by atoms with E-state index in [0.717, 1.165) is 25.1 Å². The summed E-state index contributed by atoms with van der Waals surface area (Å²) in [6.45, 7) is 0.845. The second-order valence-corrected chi connectivity index (χ2v) is 4.94. The van der Waals surface area contributed by atoms with Crippen molar-refractivity contribution in [3.63, 3.8) is 0 Å². The minimum Gasteiger partial charge on any atom is -0.465 e. The molecule has 4 nitrogen and oxygen atoms in total. The Bertz CT molecular complexity index is 460. The van der Waals surface area contributed by atoms with Crippen LogP contribution in [0.3, 0.4) is 0 Å². The lowest BCUT2D eigenvalue weighted by atomic mass is 9.88. The summed E-state index contributed by atoms with van der Waals surface area (Å²) in [4.78, 5) is 22.6. The zero-order chi connectivity index (χ0) is 13.7. The number of esters is 1. The fraction of sp³-hybridized carbons (Fsp3) is 0.467. The average molecular weight is 261 g/mol. The van der Waals surface area contributed by atoms with Crippen LogP contribution in [0.25, 0.3) is 0 Å². The van der Waals surface area contributed by atoms with Gasteiger partial charge in [0.05, 0.1) is 12.7 Å². The van der Waals surface area contributed by atoms with Crippen molar-refractivity contribution >= 4 is 17.4 Å². The van der Waals surface area contributed by atoms with Gasteiger partial charge in [-0.05, 0) is 37.0 Å². The third kappa shape index (κ3) is 3.81. The van der Waals surface area contributed by atoms with Crippen molar-refractivity contribution < 1.29 is 14.3 Å². The molecular formula is C15H19NO3. The number of methoxy groups -OCH3 is 1. The SMILES string of the molecule is COC(=O)c1cccc(NCC2CCC(=O)CC2)c1. The Morgan fingerprint density at radius 1 is 1.37 bits per heavy atom. The van der Waals surface area contributed by atoms with Gasteiger partial charge in [-0.2, -0.15) is 0 Å². The lowest BCUT2D eigenvalue weighted by Crippen LogP contribution is -2.21. The fourth-order valence-electron chi connectivity index (χ4n) is 2.34. The summed E-state index contributed by atoms with van der Waals surface area (Å²) in [7, 11) is 1.38. The van der Waals surface area contributed by atoms with Gasteiger partial charge in [-0.15, -0.1) is 0 Å². The summed E-state index contributed by atoms with van der Waals surface area (Å²) in [5.41, 5.74) is 1.46. The quantitative estimate of drug-likeness (QED) is 0.846. The maximum atomic E-state index is 11.4. The molecule has 1 aliphatic rings. The number of hydrogen-bond acceptors (Lipinski definition) is 4. The highest BCUT2D eigenvalue weighted by Gasteiger charge is 2.18. The van der Waals surface area contributed by atoms with Crippen molar-refractivity contribution in [2.75, 3.05) is 19.0 Å². The van der Waals surface area contributed by atoms with Crippen LogP contribution < -0.4 is 5.32 Å². The van der Waals surface area contributed by atoms with E-state index in [2.05, 4.69) is 5.32 Å². The van der Waals surface area contributed by atoms with E-state index in [1.807, 2.05) is 12.1 Å². The molecule has 0 bridgehead atoms. The smallest absolute Gasteiger partial charge is 0.337 e. The lowest BCUT2D eigenvalue weighted by Gasteiger charge is -2.21. The first-order chi connectivity index (χ1) is 9.19. The molecule has 1 N–H and O–H groups in total. The summed E-state index contributed by atoms with van der Waals surface area (Å²) >= 11 is 0. The minimum absolute atomic E-state index is 0.327. The van der Waals surface area contributed by atoms with Crippen LogP contribution in [0.15, 0.2) is 24.3 Å². The summed E-state index contributed by atoms with van der Waals surface area (Å²) in [5, 5.41) is 3.33. The van der Waals surface area contributed by atoms with E-state index in [0.29, 0.717) is 30.1 Å². The molecule has 1 fully saturated rings. The monoisotopic (exact) mass is 261 g/mol. The van der Waals surface area contributed by atoms with Crippen LogP contribution in [0.2, 0.25) is 0 Å². The van der Waals surface area contributed by atoms with E-state index in [9.17, 15) is 9.59 Å². The number of carbonyl (C=O) groups is 2. The number of benzene rings is 1. The van der Waals surface area contributed by atoms with E-state index in [-0.39, 0.29) is 5.97 Å². The van der Waals surface area contributed by atoms with Gasteiger partial charge in [-0.25, -0.2) is 4.79 Å². The van der Waals surface area contributed by atoms with Crippen LogP contribution in [0.4, 0.5) is 5.69 Å². The van der Waals surface area contributed by atoms with Crippen LogP contribution in [-0.4, -0.2) is 25.4 Å². The number of hydrogen-bond donors (Lipinski definition) is 1. The molecule has 1 aliphatic carbocycles. The zero-order valence-electron chi connectivity index (χ0n) is 11.1. The van der Waals surface area contributed by atoms with E-state index in [4.69, 9.17) is 4.74 Å². The number of nitrogens with one attached hydrogen (secondary N) is 1. The lowest BCUT2D eigenvalue weighted by molar-refractivity contribution is -0.120. The van der Waals surface area contributed by atoms with Gasteiger partial charge in [0.25, 0.3) is 0 Å². The zero-order valence-corrected chi connectivity index (χ0v) is 11.1. The van der Waals surface area contributed by atoms with E-state index < -0.39 is 0 Å². The predicted molar refractivity (Wildman–Crippen MR) is 73.2 cm³/mol. The van der Waals surface area contributed by atoms with Crippen molar-refractivity contribution in [2.45, 2.75) is 25.7 Å². The molecule has 1 aromatic rings. The van der Waals surface area contributed by atoms with Gasteiger partial charge >= 0.3 is 5.97 Å². The molecule has 19 heavy (non-hydrogen) atoms. The third-order valence-corrected chi connectivity index (χ3v) is 3.54. The van der Waals surface area contributed by atoms with E-state index in [1.165, 1.54) is 7.11 Å². The molecule has 0 spiro atoms. The van der Waals surface area contributed by atoms with E-state index in [1.54, 1.807) is 12.1 Å². The Balaban J connectivity index is 1.89. The number of rotatable bonds is 4. The molecule has 0 aromatic heterocycles. The van der Waals surface area contributed by atoms with Crippen LogP contribution in [-0.2, 0) is 9.53 Å². The molecule has 1 aromatic carbocycles. The average Bonchev–Trinajstić information content (AvgIpc) is 2.46. The van der Waals surface area contributed by atoms with Gasteiger partial charge < -0.3 is 10.1 Å². The first kappa shape index (κ1) is 13.6. The topological polar surface area (TPSA) is 55.4 Å². The Morgan fingerprint density at radius 3 is 2.79 bits per heavy atom. The summed E-state index contributed by atoms with van der Waals surface area (Å²) in [5.74, 6) is 0.593. The Labute approximate surface area is 113 Å². The van der Waals surface area contributed by atoms with Crippen molar-refractivity contribution in [1.82, 2.24) is 0 Å². The highest BCUT2D eigenvalue weighted by Crippen LogP contribution is 2.22. The van der Waals surface area contributed by atoms with Crippen LogP contribution >= 0.6 is 0 Å². The fourth-order valence-corrected chi connectivity index (χ4v) is 2.34. The second kappa shape index (κ2) is 6.36. The van der Waals surface area contributed by atoms with Crippen molar-refractivity contribution in [1.29, 1.82) is 0 Å². The molecule has 1 saturated carbocycles. The molecule has 0 radical (unpaired) electrons. The Hall–Kier alpha value is -1.84. The standard InChI is InChI=1S/C15H19NO3/c1-19-15(18)12-3-2-4-13(9-12)16-10-11-5-7-14(17)8-6-11/h2-4,9,11,16H,5-8,10H2,1H3. The molecular weight excluding hydrogens is 242 g/mol. The maximum Gasteiger partial charge on any atom is 0.337 e. The summed E-state index contributed by atoms with van der Waals surface area (Å²) < 4.78 is 4.69. The van der Waals surface area contributed by atoms with E-state index >= 15 is 0 Å². The predicted octanol–water partition coefficient (Wildman–Crippen LogP) is 2.64. The molecule has 0 saturated heterocycles. The highest BCUT2D eigenvalue weighted by atomic mass is 16.5. The van der Waals surface area contributed by atoms with Gasteiger partial charge in [0, 0.05) is 25.1 Å². The largest absolute Gasteiger partial charge is 0.465 e. The number of Topliss-reactive ketones (excluding diaryl/α,β-unsaturated/α-hetero) is 1. The third-order valence-electron chi connectivity index (χ3n) is 3.54. The van der Waals surface area contributed by atoms with Crippen LogP contribution in [0, 0.1) is 5.92 Å².